The second-order valence-corrected chi connectivity index (χ2v) is 4.09. The molecule has 0 unspecified atom stereocenters. The molecule has 0 amide bonds. The van der Waals surface area contributed by atoms with Crippen LogP contribution in [-0.4, -0.2) is 11.5 Å². The van der Waals surface area contributed by atoms with Crippen LogP contribution in [0.5, 0.6) is 0 Å². The standard InChI is InChI=1S/C14H14N2/c15-8-7-10-5-6-12-11-3-1-2-4-13(11)16-14(12)9-10/h1-6,9,16H,7-8,15H2. The fourth-order valence-electron chi connectivity index (χ4n) is 2.22. The topological polar surface area (TPSA) is 41.8 Å². The molecule has 16 heavy (non-hydrogen) atoms. The van der Waals surface area contributed by atoms with E-state index in [1.54, 1.807) is 0 Å². The first-order valence-electron chi connectivity index (χ1n) is 5.58. The molecule has 1 heterocycles. The molecule has 0 aliphatic heterocycles. The van der Waals surface area contributed by atoms with Crippen LogP contribution in [0.15, 0.2) is 42.5 Å². The normalized spacial score (nSPS) is 11.3. The van der Waals surface area contributed by atoms with Crippen molar-refractivity contribution >= 4 is 21.8 Å². The fraction of sp³-hybridized carbons (Fsp3) is 0.143. The Morgan fingerprint density at radius 1 is 0.938 bits per heavy atom. The van der Waals surface area contributed by atoms with E-state index >= 15 is 0 Å². The lowest BCUT2D eigenvalue weighted by molar-refractivity contribution is 0.970. The molecule has 0 fully saturated rings. The van der Waals surface area contributed by atoms with Gasteiger partial charge in [0.2, 0.25) is 0 Å². The second kappa shape index (κ2) is 3.65. The highest BCUT2D eigenvalue weighted by atomic mass is 14.7. The Morgan fingerprint density at radius 3 is 2.62 bits per heavy atom. The number of aromatic amines is 1. The van der Waals surface area contributed by atoms with Crippen LogP contribution in [0.1, 0.15) is 5.56 Å². The van der Waals surface area contributed by atoms with Crippen LogP contribution in [0.3, 0.4) is 0 Å². The summed E-state index contributed by atoms with van der Waals surface area (Å²) in [6.45, 7) is 0.700. The van der Waals surface area contributed by atoms with Crippen LogP contribution < -0.4 is 5.73 Å². The van der Waals surface area contributed by atoms with Gasteiger partial charge in [0.15, 0.2) is 0 Å². The number of H-pyrrole nitrogens is 1. The molecule has 2 heteroatoms. The lowest BCUT2D eigenvalue weighted by Crippen LogP contribution is -2.02. The van der Waals surface area contributed by atoms with Crippen molar-refractivity contribution in [2.24, 2.45) is 5.73 Å². The number of rotatable bonds is 2. The third kappa shape index (κ3) is 1.39. The maximum absolute atomic E-state index is 5.57. The number of para-hydroxylation sites is 1. The molecule has 0 aliphatic carbocycles. The van der Waals surface area contributed by atoms with Crippen molar-refractivity contribution in [2.75, 3.05) is 6.54 Å². The van der Waals surface area contributed by atoms with Gasteiger partial charge in [0.25, 0.3) is 0 Å². The number of aromatic nitrogens is 1. The van der Waals surface area contributed by atoms with Crippen LogP contribution in [-0.2, 0) is 6.42 Å². The number of fused-ring (bicyclic) bond motifs is 3. The Labute approximate surface area is 94.1 Å². The molecule has 0 spiro atoms. The maximum Gasteiger partial charge on any atom is 0.0467 e. The fourth-order valence-corrected chi connectivity index (χ4v) is 2.22. The summed E-state index contributed by atoms with van der Waals surface area (Å²) in [6.07, 6.45) is 0.936. The zero-order chi connectivity index (χ0) is 11.0. The summed E-state index contributed by atoms with van der Waals surface area (Å²) < 4.78 is 0. The molecule has 0 radical (unpaired) electrons. The van der Waals surface area contributed by atoms with Crippen molar-refractivity contribution in [2.45, 2.75) is 6.42 Å². The highest BCUT2D eigenvalue weighted by molar-refractivity contribution is 6.07. The molecule has 0 saturated carbocycles. The van der Waals surface area contributed by atoms with Crippen molar-refractivity contribution in [1.29, 1.82) is 0 Å². The van der Waals surface area contributed by atoms with E-state index in [4.69, 9.17) is 5.73 Å². The maximum atomic E-state index is 5.57. The number of benzene rings is 2. The Kier molecular flexibility index (Phi) is 2.15. The van der Waals surface area contributed by atoms with E-state index in [0.717, 1.165) is 6.42 Å². The zero-order valence-corrected chi connectivity index (χ0v) is 9.03. The van der Waals surface area contributed by atoms with Gasteiger partial charge in [-0.2, -0.15) is 0 Å². The SMILES string of the molecule is NCCc1ccc2c(c1)[nH]c1ccccc12. The lowest BCUT2D eigenvalue weighted by atomic mass is 10.1. The van der Waals surface area contributed by atoms with Gasteiger partial charge in [-0.05, 0) is 30.7 Å². The van der Waals surface area contributed by atoms with Crippen LogP contribution >= 0.6 is 0 Å². The molecule has 2 aromatic carbocycles. The van der Waals surface area contributed by atoms with Crippen molar-refractivity contribution < 1.29 is 0 Å². The van der Waals surface area contributed by atoms with Crippen LogP contribution in [0.2, 0.25) is 0 Å². The van der Waals surface area contributed by atoms with Crippen molar-refractivity contribution in [3.8, 4) is 0 Å². The molecule has 0 atom stereocenters. The molecular formula is C14H14N2. The number of hydrogen-bond donors (Lipinski definition) is 2. The van der Waals surface area contributed by atoms with Gasteiger partial charge in [0.1, 0.15) is 0 Å². The number of hydrogen-bond acceptors (Lipinski definition) is 1. The van der Waals surface area contributed by atoms with Gasteiger partial charge in [-0.25, -0.2) is 0 Å². The summed E-state index contributed by atoms with van der Waals surface area (Å²) in [5.74, 6) is 0. The van der Waals surface area contributed by atoms with Crippen molar-refractivity contribution in [3.05, 3.63) is 48.0 Å². The Morgan fingerprint density at radius 2 is 1.75 bits per heavy atom. The average molecular weight is 210 g/mol. The van der Waals surface area contributed by atoms with Gasteiger partial charge in [-0.1, -0.05) is 30.3 Å². The molecule has 3 N–H and O–H groups in total. The second-order valence-electron chi connectivity index (χ2n) is 4.09. The molecule has 1 aromatic heterocycles. The minimum absolute atomic E-state index is 0.700. The van der Waals surface area contributed by atoms with Gasteiger partial charge in [0, 0.05) is 21.8 Å². The highest BCUT2D eigenvalue weighted by Gasteiger charge is 2.03. The van der Waals surface area contributed by atoms with E-state index in [0.29, 0.717) is 6.54 Å². The molecule has 0 saturated heterocycles. The van der Waals surface area contributed by atoms with Crippen molar-refractivity contribution in [3.63, 3.8) is 0 Å². The summed E-state index contributed by atoms with van der Waals surface area (Å²) in [5.41, 5.74) is 9.26. The van der Waals surface area contributed by atoms with E-state index in [1.807, 2.05) is 0 Å². The Hall–Kier alpha value is -1.80. The predicted molar refractivity (Wildman–Crippen MR) is 68.6 cm³/mol. The third-order valence-corrected chi connectivity index (χ3v) is 3.00. The molecular weight excluding hydrogens is 196 g/mol. The monoisotopic (exact) mass is 210 g/mol. The van der Waals surface area contributed by atoms with Gasteiger partial charge in [0.05, 0.1) is 0 Å². The van der Waals surface area contributed by atoms with Gasteiger partial charge < -0.3 is 10.7 Å². The summed E-state index contributed by atoms with van der Waals surface area (Å²) >= 11 is 0. The summed E-state index contributed by atoms with van der Waals surface area (Å²) in [7, 11) is 0. The Bertz CT molecular complexity index is 637. The molecule has 3 aromatic rings. The van der Waals surface area contributed by atoms with Gasteiger partial charge in [-0.15, -0.1) is 0 Å². The van der Waals surface area contributed by atoms with E-state index in [-0.39, 0.29) is 0 Å². The van der Waals surface area contributed by atoms with Gasteiger partial charge >= 0.3 is 0 Å². The molecule has 0 aliphatic rings. The van der Waals surface area contributed by atoms with Crippen molar-refractivity contribution in [1.82, 2.24) is 4.98 Å². The largest absolute Gasteiger partial charge is 0.355 e. The number of nitrogens with two attached hydrogens (primary N) is 1. The molecule has 0 bridgehead atoms. The first-order valence-corrected chi connectivity index (χ1v) is 5.58. The summed E-state index contributed by atoms with van der Waals surface area (Å²) in [6, 6.07) is 14.9. The summed E-state index contributed by atoms with van der Waals surface area (Å²) in [5, 5.41) is 2.58. The van der Waals surface area contributed by atoms with Crippen LogP contribution in [0.4, 0.5) is 0 Å². The van der Waals surface area contributed by atoms with Crippen LogP contribution in [0, 0.1) is 0 Å². The molecule has 2 nitrogen and oxygen atoms in total. The van der Waals surface area contributed by atoms with Crippen LogP contribution in [0.25, 0.3) is 21.8 Å². The number of nitrogens with one attached hydrogen (secondary N) is 1. The minimum atomic E-state index is 0.700. The van der Waals surface area contributed by atoms with E-state index < -0.39 is 0 Å². The van der Waals surface area contributed by atoms with E-state index in [2.05, 4.69) is 47.4 Å². The van der Waals surface area contributed by atoms with E-state index in [1.165, 1.54) is 27.4 Å². The lowest BCUT2D eigenvalue weighted by Gasteiger charge is -1.98. The van der Waals surface area contributed by atoms with Gasteiger partial charge in [-0.3, -0.25) is 0 Å². The molecule has 80 valence electrons. The minimum Gasteiger partial charge on any atom is -0.355 e. The Balaban J connectivity index is 2.28. The highest BCUT2D eigenvalue weighted by Crippen LogP contribution is 2.25. The zero-order valence-electron chi connectivity index (χ0n) is 9.03. The predicted octanol–water partition coefficient (Wildman–Crippen LogP) is 2.82. The first-order chi connectivity index (χ1) is 7.88. The quantitative estimate of drug-likeness (QED) is 0.671. The summed E-state index contributed by atoms with van der Waals surface area (Å²) in [4.78, 5) is 3.44. The smallest absolute Gasteiger partial charge is 0.0467 e. The molecule has 3 rings (SSSR count). The first kappa shape index (κ1) is 9.43. The average Bonchev–Trinajstić information content (AvgIpc) is 2.67. The van der Waals surface area contributed by atoms with E-state index in [9.17, 15) is 0 Å². The third-order valence-electron chi connectivity index (χ3n) is 3.00.